The van der Waals surface area contributed by atoms with Gasteiger partial charge in [0.15, 0.2) is 5.69 Å². The fourth-order valence-electron chi connectivity index (χ4n) is 4.29. The molecule has 2 aromatic rings. The zero-order valence-corrected chi connectivity index (χ0v) is 18.0. The molecular weight excluding hydrogens is 404 g/mol. The number of carbonyl (C=O) groups excluding carboxylic acids is 1. The molecular formula is C22H29F2N5O2. The summed E-state index contributed by atoms with van der Waals surface area (Å²) >= 11 is 0. The normalized spacial score (nSPS) is 21.2. The molecule has 0 bridgehead atoms. The van der Waals surface area contributed by atoms with Gasteiger partial charge in [-0.3, -0.25) is 14.4 Å². The van der Waals surface area contributed by atoms with Crippen LogP contribution in [0.2, 0.25) is 0 Å². The number of alkyl halides is 2. The summed E-state index contributed by atoms with van der Waals surface area (Å²) in [7, 11) is 0. The molecule has 0 spiro atoms. The number of halogens is 2. The fraction of sp³-hybridized carbons (Fsp3) is 0.591. The number of benzene rings is 1. The molecule has 1 aromatic carbocycles. The first-order chi connectivity index (χ1) is 14.8. The minimum atomic E-state index is -2.75. The van der Waals surface area contributed by atoms with Crippen LogP contribution in [0.1, 0.15) is 49.2 Å². The van der Waals surface area contributed by atoms with Crippen molar-refractivity contribution in [3.05, 3.63) is 41.7 Å². The molecule has 3 heterocycles. The van der Waals surface area contributed by atoms with E-state index in [0.717, 1.165) is 37.2 Å². The highest BCUT2D eigenvalue weighted by Gasteiger charge is 2.45. The van der Waals surface area contributed by atoms with E-state index in [-0.39, 0.29) is 37.2 Å². The van der Waals surface area contributed by atoms with Crippen LogP contribution >= 0.6 is 0 Å². The lowest BCUT2D eigenvalue weighted by Gasteiger charge is -2.23. The Labute approximate surface area is 181 Å². The van der Waals surface area contributed by atoms with E-state index in [0.29, 0.717) is 6.54 Å². The quantitative estimate of drug-likeness (QED) is 0.671. The van der Waals surface area contributed by atoms with Gasteiger partial charge in [-0.2, -0.15) is 0 Å². The van der Waals surface area contributed by atoms with Crippen molar-refractivity contribution < 1.29 is 18.3 Å². The predicted octanol–water partition coefficient (Wildman–Crippen LogP) is 3.21. The van der Waals surface area contributed by atoms with Crippen LogP contribution in [0, 0.1) is 0 Å². The molecule has 2 fully saturated rings. The van der Waals surface area contributed by atoms with Crippen molar-refractivity contribution in [2.24, 2.45) is 0 Å². The van der Waals surface area contributed by atoms with Crippen molar-refractivity contribution in [1.82, 2.24) is 24.8 Å². The largest absolute Gasteiger partial charge is 0.491 e. The maximum atomic E-state index is 14.2. The van der Waals surface area contributed by atoms with E-state index in [9.17, 15) is 13.6 Å². The number of carbonyl (C=O) groups is 1. The number of hydrogen-bond acceptors (Lipinski definition) is 5. The van der Waals surface area contributed by atoms with Crippen LogP contribution in [0.25, 0.3) is 0 Å². The average Bonchev–Trinajstić information content (AvgIpc) is 3.44. The second-order valence-corrected chi connectivity index (χ2v) is 8.75. The molecule has 0 aliphatic carbocycles. The molecule has 2 aliphatic rings. The van der Waals surface area contributed by atoms with Crippen molar-refractivity contribution in [2.45, 2.75) is 64.3 Å². The zero-order valence-electron chi connectivity index (χ0n) is 18.0. The van der Waals surface area contributed by atoms with Gasteiger partial charge in [0.25, 0.3) is 11.8 Å². The Morgan fingerprint density at radius 2 is 1.94 bits per heavy atom. The lowest BCUT2D eigenvalue weighted by molar-refractivity contribution is 0.0113. The first-order valence-electron chi connectivity index (χ1n) is 10.9. The number of aromatic nitrogens is 3. The Kier molecular flexibility index (Phi) is 6.22. The van der Waals surface area contributed by atoms with E-state index in [1.807, 2.05) is 38.1 Å². The van der Waals surface area contributed by atoms with Crippen molar-refractivity contribution in [3.63, 3.8) is 0 Å². The molecule has 9 heteroatoms. The van der Waals surface area contributed by atoms with Crippen LogP contribution in [0.4, 0.5) is 8.78 Å². The Hall–Kier alpha value is -2.55. The Morgan fingerprint density at radius 1 is 1.23 bits per heavy atom. The predicted molar refractivity (Wildman–Crippen MR) is 111 cm³/mol. The molecule has 1 atom stereocenters. The van der Waals surface area contributed by atoms with Gasteiger partial charge in [-0.1, -0.05) is 17.3 Å². The van der Waals surface area contributed by atoms with Gasteiger partial charge < -0.3 is 9.64 Å². The molecule has 4 rings (SSSR count). The third-order valence-electron chi connectivity index (χ3n) is 5.71. The van der Waals surface area contributed by atoms with Gasteiger partial charge in [0.2, 0.25) is 0 Å². The molecule has 2 aliphatic heterocycles. The third kappa shape index (κ3) is 5.39. The van der Waals surface area contributed by atoms with Crippen LogP contribution in [0.15, 0.2) is 30.5 Å². The lowest BCUT2D eigenvalue weighted by Crippen LogP contribution is -2.33. The number of nitrogens with zero attached hydrogens (tertiary/aromatic N) is 5. The number of hydrogen-bond donors (Lipinski definition) is 0. The van der Waals surface area contributed by atoms with Crippen LogP contribution in [-0.2, 0) is 13.1 Å². The van der Waals surface area contributed by atoms with Crippen LogP contribution < -0.4 is 4.74 Å². The first-order valence-corrected chi connectivity index (χ1v) is 10.9. The van der Waals surface area contributed by atoms with E-state index in [1.165, 1.54) is 4.68 Å². The molecule has 0 radical (unpaired) electrons. The molecule has 0 saturated carbocycles. The molecule has 0 N–H and O–H groups in total. The Bertz CT molecular complexity index is 894. The summed E-state index contributed by atoms with van der Waals surface area (Å²) in [5, 5.41) is 8.01. The number of amides is 1. The molecule has 2 saturated heterocycles. The summed E-state index contributed by atoms with van der Waals surface area (Å²) in [5.41, 5.74) is 1.22. The molecule has 168 valence electrons. The van der Waals surface area contributed by atoms with E-state index >= 15 is 0 Å². The third-order valence-corrected chi connectivity index (χ3v) is 5.71. The average molecular weight is 434 g/mol. The number of likely N-dealkylation sites (tertiary alicyclic amines) is 2. The van der Waals surface area contributed by atoms with Gasteiger partial charge in [-0.25, -0.2) is 8.78 Å². The summed E-state index contributed by atoms with van der Waals surface area (Å²) in [5.74, 6) is -2.12. The van der Waals surface area contributed by atoms with Crippen molar-refractivity contribution in [2.75, 3.05) is 19.6 Å². The van der Waals surface area contributed by atoms with E-state index < -0.39 is 12.0 Å². The van der Waals surface area contributed by atoms with Gasteiger partial charge in [0.1, 0.15) is 5.75 Å². The van der Waals surface area contributed by atoms with Crippen molar-refractivity contribution >= 4 is 5.91 Å². The minimum absolute atomic E-state index is 0.0809. The second-order valence-electron chi connectivity index (χ2n) is 8.75. The Morgan fingerprint density at radius 3 is 2.61 bits per heavy atom. The van der Waals surface area contributed by atoms with Crippen molar-refractivity contribution in [1.29, 1.82) is 0 Å². The Balaban J connectivity index is 1.41. The highest BCUT2D eigenvalue weighted by atomic mass is 19.3. The topological polar surface area (TPSA) is 63.5 Å². The molecule has 1 amide bonds. The van der Waals surface area contributed by atoms with E-state index in [1.54, 1.807) is 16.0 Å². The minimum Gasteiger partial charge on any atom is -0.491 e. The molecule has 0 unspecified atom stereocenters. The van der Waals surface area contributed by atoms with Gasteiger partial charge in [0.05, 0.1) is 25.4 Å². The van der Waals surface area contributed by atoms with Gasteiger partial charge in [-0.05, 0) is 44.4 Å². The van der Waals surface area contributed by atoms with Crippen LogP contribution in [-0.4, -0.2) is 68.4 Å². The van der Waals surface area contributed by atoms with E-state index in [4.69, 9.17) is 4.74 Å². The smallest absolute Gasteiger partial charge is 0.276 e. The highest BCUT2D eigenvalue weighted by molar-refractivity contribution is 5.92. The maximum Gasteiger partial charge on any atom is 0.276 e. The van der Waals surface area contributed by atoms with Gasteiger partial charge in [0, 0.05) is 32.1 Å². The lowest BCUT2D eigenvalue weighted by atomic mass is 10.1. The maximum absolute atomic E-state index is 14.2. The molecule has 1 aromatic heterocycles. The van der Waals surface area contributed by atoms with Gasteiger partial charge >= 0.3 is 0 Å². The molecule has 31 heavy (non-hydrogen) atoms. The van der Waals surface area contributed by atoms with Crippen LogP contribution in [0.3, 0.4) is 0 Å². The number of ether oxygens (including phenoxy) is 1. The highest BCUT2D eigenvalue weighted by Crippen LogP contribution is 2.34. The van der Waals surface area contributed by atoms with Gasteiger partial charge in [-0.15, -0.1) is 5.10 Å². The van der Waals surface area contributed by atoms with Crippen molar-refractivity contribution in [3.8, 4) is 5.75 Å². The monoisotopic (exact) mass is 433 g/mol. The first kappa shape index (κ1) is 21.7. The standard InChI is InChI=1S/C22H29F2N5O2/c1-16(2)31-19-7-5-17(6-8-19)12-28-15-22(23,24)11-18(28)13-29-14-20(25-26-29)21(30)27-9-3-4-10-27/h5-8,14,16,18H,3-4,9-13,15H2,1-2H3/t18-/m0/s1. The SMILES string of the molecule is CC(C)Oc1ccc(CN2CC(F)(F)C[C@H]2Cn2cc(C(=O)N3CCCC3)nn2)cc1. The summed E-state index contributed by atoms with van der Waals surface area (Å²) in [6.07, 6.45) is 3.41. The number of rotatable bonds is 7. The summed E-state index contributed by atoms with van der Waals surface area (Å²) in [6.45, 7) is 5.76. The second kappa shape index (κ2) is 8.90. The molecule has 7 nitrogen and oxygen atoms in total. The summed E-state index contributed by atoms with van der Waals surface area (Å²) in [6, 6.07) is 7.16. The van der Waals surface area contributed by atoms with Crippen LogP contribution in [0.5, 0.6) is 5.75 Å². The summed E-state index contributed by atoms with van der Waals surface area (Å²) in [4.78, 5) is 16.0. The zero-order chi connectivity index (χ0) is 22.0. The summed E-state index contributed by atoms with van der Waals surface area (Å²) < 4.78 is 35.6. The fourth-order valence-corrected chi connectivity index (χ4v) is 4.29. The van der Waals surface area contributed by atoms with E-state index in [2.05, 4.69) is 10.3 Å².